The second kappa shape index (κ2) is 9.41. The number of aromatic carboxylic acids is 1. The van der Waals surface area contributed by atoms with E-state index in [1.165, 1.54) is 24.9 Å². The van der Waals surface area contributed by atoms with Gasteiger partial charge in [0.05, 0.1) is 35.4 Å². The molecule has 0 saturated carbocycles. The van der Waals surface area contributed by atoms with Crippen molar-refractivity contribution in [1.29, 1.82) is 5.26 Å². The summed E-state index contributed by atoms with van der Waals surface area (Å²) in [6.45, 7) is 0. The van der Waals surface area contributed by atoms with Gasteiger partial charge in [-0.25, -0.2) is 4.79 Å². The molecule has 0 atom stereocenters. The maximum atomic E-state index is 11.2. The quantitative estimate of drug-likeness (QED) is 0.356. The SMILES string of the molecule is COc1cc(C(=O)O)ccc1CSc1ccncc1Oc1ccc(C#N)c2ccccc12. The number of carboxylic acid groups (broad SMARTS) is 1. The number of carboxylic acids is 1. The molecule has 0 bridgehead atoms. The number of methoxy groups -OCH3 is 1. The first-order valence-corrected chi connectivity index (χ1v) is 10.7. The van der Waals surface area contributed by atoms with Gasteiger partial charge in [0.1, 0.15) is 11.5 Å². The van der Waals surface area contributed by atoms with Gasteiger partial charge >= 0.3 is 5.97 Å². The minimum Gasteiger partial charge on any atom is -0.496 e. The molecule has 3 aromatic carbocycles. The van der Waals surface area contributed by atoms with Crippen molar-refractivity contribution in [2.45, 2.75) is 10.6 Å². The molecule has 4 aromatic rings. The first kappa shape index (κ1) is 21.2. The van der Waals surface area contributed by atoms with Crippen LogP contribution in [0.15, 0.2) is 78.0 Å². The van der Waals surface area contributed by atoms with Gasteiger partial charge in [-0.2, -0.15) is 5.26 Å². The van der Waals surface area contributed by atoms with Gasteiger partial charge in [-0.05, 0) is 30.3 Å². The van der Waals surface area contributed by atoms with Crippen molar-refractivity contribution in [1.82, 2.24) is 4.98 Å². The minimum atomic E-state index is -0.998. The van der Waals surface area contributed by atoms with Crippen LogP contribution in [0.2, 0.25) is 0 Å². The molecule has 7 heteroatoms. The summed E-state index contributed by atoms with van der Waals surface area (Å²) in [5.41, 5.74) is 1.64. The van der Waals surface area contributed by atoms with Crippen LogP contribution in [-0.4, -0.2) is 23.2 Å². The highest BCUT2D eigenvalue weighted by atomic mass is 32.2. The van der Waals surface area contributed by atoms with Crippen LogP contribution in [0.25, 0.3) is 10.8 Å². The average molecular weight is 442 g/mol. The molecule has 0 saturated heterocycles. The lowest BCUT2D eigenvalue weighted by molar-refractivity contribution is 0.0696. The number of benzene rings is 3. The molecular weight excluding hydrogens is 424 g/mol. The highest BCUT2D eigenvalue weighted by Crippen LogP contribution is 2.38. The predicted octanol–water partition coefficient (Wildman–Crippen LogP) is 5.90. The molecule has 0 aliphatic rings. The smallest absolute Gasteiger partial charge is 0.335 e. The summed E-state index contributed by atoms with van der Waals surface area (Å²) in [6, 6.07) is 20.1. The third kappa shape index (κ3) is 4.36. The maximum Gasteiger partial charge on any atom is 0.335 e. The fraction of sp³-hybridized carbons (Fsp3) is 0.0800. The van der Waals surface area contributed by atoms with Gasteiger partial charge < -0.3 is 14.6 Å². The molecule has 32 heavy (non-hydrogen) atoms. The average Bonchev–Trinajstić information content (AvgIpc) is 2.83. The Balaban J connectivity index is 1.61. The van der Waals surface area contributed by atoms with E-state index in [0.717, 1.165) is 21.2 Å². The first-order valence-electron chi connectivity index (χ1n) is 9.67. The van der Waals surface area contributed by atoms with Crippen molar-refractivity contribution in [2.75, 3.05) is 7.11 Å². The molecule has 6 nitrogen and oxygen atoms in total. The van der Waals surface area contributed by atoms with Gasteiger partial charge in [0.2, 0.25) is 0 Å². The summed E-state index contributed by atoms with van der Waals surface area (Å²) >= 11 is 1.53. The van der Waals surface area contributed by atoms with E-state index in [1.807, 2.05) is 30.3 Å². The van der Waals surface area contributed by atoms with Crippen LogP contribution in [-0.2, 0) is 5.75 Å². The number of pyridine rings is 1. The zero-order valence-corrected chi connectivity index (χ0v) is 17.9. The fourth-order valence-corrected chi connectivity index (χ4v) is 4.24. The Labute approximate surface area is 189 Å². The van der Waals surface area contributed by atoms with E-state index < -0.39 is 5.97 Å². The monoisotopic (exact) mass is 442 g/mol. The van der Waals surface area contributed by atoms with Crippen LogP contribution in [0, 0.1) is 11.3 Å². The number of aromatic nitrogens is 1. The summed E-state index contributed by atoms with van der Waals surface area (Å²) in [4.78, 5) is 16.3. The molecule has 0 unspecified atom stereocenters. The number of thioether (sulfide) groups is 1. The maximum absolute atomic E-state index is 11.2. The fourth-order valence-electron chi connectivity index (χ4n) is 3.29. The van der Waals surface area contributed by atoms with Crippen molar-refractivity contribution in [2.24, 2.45) is 0 Å². The molecule has 0 amide bonds. The number of nitriles is 1. The van der Waals surface area contributed by atoms with Crippen molar-refractivity contribution < 1.29 is 19.4 Å². The van der Waals surface area contributed by atoms with Gasteiger partial charge in [0, 0.05) is 28.3 Å². The number of rotatable bonds is 7. The number of hydrogen-bond donors (Lipinski definition) is 1. The highest BCUT2D eigenvalue weighted by Gasteiger charge is 2.13. The first-order chi connectivity index (χ1) is 15.6. The Bertz CT molecular complexity index is 1350. The summed E-state index contributed by atoms with van der Waals surface area (Å²) in [6.07, 6.45) is 3.34. The molecule has 1 aromatic heterocycles. The molecule has 4 rings (SSSR count). The van der Waals surface area contributed by atoms with E-state index in [1.54, 1.807) is 36.7 Å². The molecule has 0 spiro atoms. The number of ether oxygens (including phenoxy) is 2. The Morgan fingerprint density at radius 3 is 2.62 bits per heavy atom. The van der Waals surface area contributed by atoms with Crippen LogP contribution >= 0.6 is 11.8 Å². The van der Waals surface area contributed by atoms with E-state index in [2.05, 4.69) is 11.1 Å². The van der Waals surface area contributed by atoms with Crippen LogP contribution in [0.3, 0.4) is 0 Å². The standard InChI is InChI=1S/C25H18N2O4S/c1-30-22-12-16(25(28)29)6-7-18(22)15-32-24-10-11-27-14-23(24)31-21-9-8-17(13-26)19-4-2-3-5-20(19)21/h2-12,14H,15H2,1H3,(H,28,29). The van der Waals surface area contributed by atoms with Gasteiger partial charge in [-0.15, -0.1) is 11.8 Å². The second-order valence-corrected chi connectivity index (χ2v) is 7.83. The third-order valence-electron chi connectivity index (χ3n) is 4.89. The molecular formula is C25H18N2O4S. The van der Waals surface area contributed by atoms with Crippen LogP contribution in [0.4, 0.5) is 0 Å². The van der Waals surface area contributed by atoms with Crippen LogP contribution < -0.4 is 9.47 Å². The zero-order valence-electron chi connectivity index (χ0n) is 17.1. The van der Waals surface area contributed by atoms with Crippen molar-refractivity contribution in [3.63, 3.8) is 0 Å². The summed E-state index contributed by atoms with van der Waals surface area (Å²) in [5, 5.41) is 20.2. The number of carbonyl (C=O) groups is 1. The van der Waals surface area contributed by atoms with Gasteiger partial charge in [-0.1, -0.05) is 30.3 Å². The second-order valence-electron chi connectivity index (χ2n) is 6.81. The Kier molecular flexibility index (Phi) is 6.24. The largest absolute Gasteiger partial charge is 0.496 e. The molecule has 0 fully saturated rings. The third-order valence-corrected chi connectivity index (χ3v) is 5.99. The van der Waals surface area contributed by atoms with E-state index in [-0.39, 0.29) is 5.56 Å². The summed E-state index contributed by atoms with van der Waals surface area (Å²) in [5.74, 6) is 1.30. The molecule has 0 aliphatic heterocycles. The van der Waals surface area contributed by atoms with Crippen molar-refractivity contribution in [3.8, 4) is 23.3 Å². The van der Waals surface area contributed by atoms with E-state index in [9.17, 15) is 15.2 Å². The van der Waals surface area contributed by atoms with E-state index >= 15 is 0 Å². The van der Waals surface area contributed by atoms with E-state index in [4.69, 9.17) is 9.47 Å². The van der Waals surface area contributed by atoms with Crippen LogP contribution in [0.1, 0.15) is 21.5 Å². The molecule has 1 heterocycles. The lowest BCUT2D eigenvalue weighted by Gasteiger charge is -2.14. The lowest BCUT2D eigenvalue weighted by atomic mass is 10.0. The minimum absolute atomic E-state index is 0.177. The van der Waals surface area contributed by atoms with Gasteiger partial charge in [-0.3, -0.25) is 4.98 Å². The lowest BCUT2D eigenvalue weighted by Crippen LogP contribution is -1.99. The van der Waals surface area contributed by atoms with Crippen molar-refractivity contribution in [3.05, 3.63) is 89.7 Å². The Hall–Kier alpha value is -4.02. The summed E-state index contributed by atoms with van der Waals surface area (Å²) in [7, 11) is 1.52. The van der Waals surface area contributed by atoms with E-state index in [0.29, 0.717) is 28.6 Å². The topological polar surface area (TPSA) is 92.4 Å². The molecule has 0 aliphatic carbocycles. The molecule has 1 N–H and O–H groups in total. The Morgan fingerprint density at radius 1 is 1.06 bits per heavy atom. The summed E-state index contributed by atoms with van der Waals surface area (Å²) < 4.78 is 11.6. The van der Waals surface area contributed by atoms with Gasteiger partial charge in [0.15, 0.2) is 5.75 Å². The highest BCUT2D eigenvalue weighted by molar-refractivity contribution is 7.98. The van der Waals surface area contributed by atoms with Gasteiger partial charge in [0.25, 0.3) is 0 Å². The molecule has 0 radical (unpaired) electrons. The zero-order chi connectivity index (χ0) is 22.5. The normalized spacial score (nSPS) is 10.5. The number of hydrogen-bond acceptors (Lipinski definition) is 6. The molecule has 158 valence electrons. The van der Waals surface area contributed by atoms with Crippen molar-refractivity contribution >= 4 is 28.5 Å². The number of fused-ring (bicyclic) bond motifs is 1. The van der Waals surface area contributed by atoms with Crippen LogP contribution in [0.5, 0.6) is 17.2 Å². The Morgan fingerprint density at radius 2 is 1.88 bits per heavy atom. The number of nitrogens with zero attached hydrogens (tertiary/aromatic N) is 2. The predicted molar refractivity (Wildman–Crippen MR) is 122 cm³/mol.